The van der Waals surface area contributed by atoms with Crippen molar-refractivity contribution in [2.75, 3.05) is 25.0 Å². The normalized spacial score (nSPS) is 20.9. The Morgan fingerprint density at radius 1 is 1.10 bits per heavy atom. The van der Waals surface area contributed by atoms with Crippen molar-refractivity contribution in [1.82, 2.24) is 10.2 Å². The summed E-state index contributed by atoms with van der Waals surface area (Å²) in [7, 11) is 1.87. The average molecular weight is 393 g/mol. The van der Waals surface area contributed by atoms with Crippen LogP contribution in [0.4, 0.5) is 5.69 Å². The summed E-state index contributed by atoms with van der Waals surface area (Å²) in [6, 6.07) is 17.0. The first-order valence-corrected chi connectivity index (χ1v) is 10.1. The third-order valence-electron chi connectivity index (χ3n) is 6.14. The van der Waals surface area contributed by atoms with Gasteiger partial charge in [0.05, 0.1) is 5.56 Å². The van der Waals surface area contributed by atoms with E-state index >= 15 is 0 Å². The largest absolute Gasteiger partial charge is 0.457 e. The number of nitrogens with one attached hydrogen (secondary N) is 1. The van der Waals surface area contributed by atoms with E-state index in [1.54, 1.807) is 12.1 Å². The fourth-order valence-corrected chi connectivity index (χ4v) is 4.45. The molecule has 2 fully saturated rings. The molecular weight excluding hydrogens is 366 g/mol. The summed E-state index contributed by atoms with van der Waals surface area (Å²) in [6.07, 6.45) is 1.53. The summed E-state index contributed by atoms with van der Waals surface area (Å²) in [4.78, 5) is 29.5. The van der Waals surface area contributed by atoms with E-state index in [0.717, 1.165) is 37.2 Å². The van der Waals surface area contributed by atoms with Gasteiger partial charge in [0.1, 0.15) is 18.3 Å². The Bertz CT molecular complexity index is 876. The van der Waals surface area contributed by atoms with Crippen molar-refractivity contribution in [3.05, 3.63) is 65.7 Å². The molecule has 4 rings (SSSR count). The number of likely N-dealkylation sites (N-methyl/N-ethyl adjacent to an activating group) is 1. The molecule has 0 aromatic heterocycles. The Hall–Kier alpha value is -2.86. The molecule has 1 amide bonds. The van der Waals surface area contributed by atoms with Gasteiger partial charge in [-0.25, -0.2) is 4.79 Å². The molecular formula is C23H27N3O3. The highest BCUT2D eigenvalue weighted by Gasteiger charge is 2.54. The van der Waals surface area contributed by atoms with Crippen molar-refractivity contribution in [3.8, 4) is 0 Å². The number of esters is 1. The van der Waals surface area contributed by atoms with Gasteiger partial charge in [0.15, 0.2) is 0 Å². The molecule has 1 N–H and O–H groups in total. The van der Waals surface area contributed by atoms with Crippen molar-refractivity contribution in [1.29, 1.82) is 0 Å². The van der Waals surface area contributed by atoms with Crippen LogP contribution in [-0.2, 0) is 16.1 Å². The number of benzene rings is 2. The van der Waals surface area contributed by atoms with Gasteiger partial charge in [-0.15, -0.1) is 0 Å². The molecule has 1 spiro atoms. The fourth-order valence-electron chi connectivity index (χ4n) is 4.45. The molecule has 2 aliphatic rings. The van der Waals surface area contributed by atoms with Gasteiger partial charge in [0, 0.05) is 12.7 Å². The Kier molecular flexibility index (Phi) is 5.28. The smallest absolute Gasteiger partial charge is 0.338 e. The van der Waals surface area contributed by atoms with E-state index < -0.39 is 5.54 Å². The van der Waals surface area contributed by atoms with Gasteiger partial charge in [0.25, 0.3) is 0 Å². The number of carbonyl (C=O) groups excluding carboxylic acids is 2. The molecule has 1 unspecified atom stereocenters. The van der Waals surface area contributed by atoms with Crippen LogP contribution in [0.2, 0.25) is 0 Å². The molecule has 1 atom stereocenters. The molecule has 6 nitrogen and oxygen atoms in total. The van der Waals surface area contributed by atoms with E-state index in [1.807, 2.05) is 54.4 Å². The van der Waals surface area contributed by atoms with E-state index in [4.69, 9.17) is 4.74 Å². The van der Waals surface area contributed by atoms with Gasteiger partial charge >= 0.3 is 5.97 Å². The lowest BCUT2D eigenvalue weighted by atomic mass is 9.86. The topological polar surface area (TPSA) is 61.9 Å². The number of amides is 1. The van der Waals surface area contributed by atoms with Gasteiger partial charge in [-0.2, -0.15) is 0 Å². The van der Waals surface area contributed by atoms with E-state index in [1.165, 1.54) is 0 Å². The summed E-state index contributed by atoms with van der Waals surface area (Å²) >= 11 is 0. The Morgan fingerprint density at radius 3 is 2.41 bits per heavy atom. The van der Waals surface area contributed by atoms with Crippen molar-refractivity contribution in [3.63, 3.8) is 0 Å². The van der Waals surface area contributed by atoms with E-state index in [9.17, 15) is 9.59 Å². The highest BCUT2D eigenvalue weighted by molar-refractivity contribution is 5.95. The van der Waals surface area contributed by atoms with Crippen molar-refractivity contribution >= 4 is 17.6 Å². The SMILES string of the molecule is CC1N(C)C(=O)C2(CCNCC2)N1c1ccc(C(=O)OCc2ccccc2)cc1. The molecule has 0 bridgehead atoms. The van der Waals surface area contributed by atoms with Crippen LogP contribution < -0.4 is 10.2 Å². The molecule has 152 valence electrons. The number of nitrogens with zero attached hydrogens (tertiary/aromatic N) is 2. The van der Waals surface area contributed by atoms with E-state index in [2.05, 4.69) is 17.1 Å². The Labute approximate surface area is 171 Å². The second-order valence-electron chi connectivity index (χ2n) is 7.81. The second-order valence-corrected chi connectivity index (χ2v) is 7.81. The summed E-state index contributed by atoms with van der Waals surface area (Å²) in [5.41, 5.74) is 1.92. The zero-order valence-electron chi connectivity index (χ0n) is 16.9. The second kappa shape index (κ2) is 7.87. The summed E-state index contributed by atoms with van der Waals surface area (Å²) in [5, 5.41) is 3.35. The quantitative estimate of drug-likeness (QED) is 0.810. The highest BCUT2D eigenvalue weighted by Crippen LogP contribution is 2.40. The fraction of sp³-hybridized carbons (Fsp3) is 0.391. The Balaban J connectivity index is 1.52. The maximum Gasteiger partial charge on any atom is 0.338 e. The lowest BCUT2D eigenvalue weighted by Crippen LogP contribution is -2.56. The summed E-state index contributed by atoms with van der Waals surface area (Å²) in [6.45, 7) is 3.95. The molecule has 2 aliphatic heterocycles. The number of hydrogen-bond acceptors (Lipinski definition) is 5. The lowest BCUT2D eigenvalue weighted by Gasteiger charge is -2.41. The zero-order valence-corrected chi connectivity index (χ0v) is 16.9. The minimum Gasteiger partial charge on any atom is -0.457 e. The van der Waals surface area contributed by atoms with Crippen LogP contribution in [0.1, 0.15) is 35.7 Å². The summed E-state index contributed by atoms with van der Waals surface area (Å²) in [5.74, 6) is -0.169. The third-order valence-corrected chi connectivity index (χ3v) is 6.14. The van der Waals surface area contributed by atoms with Gasteiger partial charge in [0.2, 0.25) is 5.91 Å². The minimum atomic E-state index is -0.505. The zero-order chi connectivity index (χ0) is 20.4. The highest BCUT2D eigenvalue weighted by atomic mass is 16.5. The van der Waals surface area contributed by atoms with Crippen LogP contribution in [0.3, 0.4) is 0 Å². The van der Waals surface area contributed by atoms with E-state index in [-0.39, 0.29) is 24.6 Å². The molecule has 2 aromatic carbocycles. The molecule has 2 aromatic rings. The lowest BCUT2D eigenvalue weighted by molar-refractivity contribution is -0.132. The van der Waals surface area contributed by atoms with Crippen LogP contribution in [-0.4, -0.2) is 48.6 Å². The Morgan fingerprint density at radius 2 is 1.76 bits per heavy atom. The number of ether oxygens (including phenoxy) is 1. The molecule has 2 heterocycles. The molecule has 2 saturated heterocycles. The molecule has 0 radical (unpaired) electrons. The molecule has 6 heteroatoms. The average Bonchev–Trinajstić information content (AvgIpc) is 2.94. The number of rotatable bonds is 4. The van der Waals surface area contributed by atoms with Gasteiger partial charge in [-0.1, -0.05) is 30.3 Å². The number of anilines is 1. The van der Waals surface area contributed by atoms with E-state index in [0.29, 0.717) is 5.56 Å². The maximum absolute atomic E-state index is 13.1. The van der Waals surface area contributed by atoms with Crippen molar-refractivity contribution < 1.29 is 14.3 Å². The first-order chi connectivity index (χ1) is 14.0. The predicted octanol–water partition coefficient (Wildman–Crippen LogP) is 2.79. The van der Waals surface area contributed by atoms with Crippen molar-refractivity contribution in [2.45, 2.75) is 38.1 Å². The van der Waals surface area contributed by atoms with Crippen LogP contribution in [0.25, 0.3) is 0 Å². The van der Waals surface area contributed by atoms with Crippen molar-refractivity contribution in [2.24, 2.45) is 0 Å². The van der Waals surface area contributed by atoms with Crippen LogP contribution in [0.5, 0.6) is 0 Å². The minimum absolute atomic E-state index is 0.0310. The van der Waals surface area contributed by atoms with Gasteiger partial charge in [-0.05, 0) is 62.7 Å². The predicted molar refractivity (Wildman–Crippen MR) is 112 cm³/mol. The summed E-state index contributed by atoms with van der Waals surface area (Å²) < 4.78 is 5.42. The third kappa shape index (κ3) is 3.49. The van der Waals surface area contributed by atoms with Crippen LogP contribution in [0, 0.1) is 0 Å². The number of hydrogen-bond donors (Lipinski definition) is 1. The molecule has 0 aliphatic carbocycles. The first-order valence-electron chi connectivity index (χ1n) is 10.1. The maximum atomic E-state index is 13.1. The number of piperidine rings is 1. The standard InChI is InChI=1S/C23H27N3O3/c1-17-25(2)22(28)23(12-14-24-15-13-23)26(17)20-10-8-19(9-11-20)21(27)29-16-18-6-4-3-5-7-18/h3-11,17,24H,12-16H2,1-2H3. The molecule has 0 saturated carbocycles. The first kappa shape index (κ1) is 19.5. The van der Waals surface area contributed by atoms with Crippen LogP contribution >= 0.6 is 0 Å². The monoisotopic (exact) mass is 393 g/mol. The van der Waals surface area contributed by atoms with Gasteiger partial charge in [-0.3, -0.25) is 4.79 Å². The number of carbonyl (C=O) groups is 2. The molecule has 29 heavy (non-hydrogen) atoms. The van der Waals surface area contributed by atoms with Gasteiger partial charge < -0.3 is 19.9 Å². The van der Waals surface area contributed by atoms with Crippen LogP contribution in [0.15, 0.2) is 54.6 Å².